The number of rotatable bonds is 2. The highest BCUT2D eigenvalue weighted by Crippen LogP contribution is 2.27. The molecule has 1 aromatic rings. The van der Waals surface area contributed by atoms with Crippen LogP contribution < -0.4 is 5.84 Å². The van der Waals surface area contributed by atoms with Crippen LogP contribution in [-0.2, 0) is 0 Å². The van der Waals surface area contributed by atoms with E-state index in [9.17, 15) is 0 Å². The Morgan fingerprint density at radius 3 is 3.15 bits per heavy atom. The zero-order chi connectivity index (χ0) is 9.10. The molecular formula is C8H12N4S. The van der Waals surface area contributed by atoms with Gasteiger partial charge in [0.15, 0.2) is 0 Å². The second kappa shape index (κ2) is 3.83. The van der Waals surface area contributed by atoms with Crippen LogP contribution in [-0.4, -0.2) is 20.1 Å². The molecule has 0 amide bonds. The molecule has 0 saturated heterocycles. The third kappa shape index (κ3) is 2.03. The highest BCUT2D eigenvalue weighted by molar-refractivity contribution is 7.99. The maximum Gasteiger partial charge on any atom is 0.210 e. The lowest BCUT2D eigenvalue weighted by Gasteiger charge is -2.14. The summed E-state index contributed by atoms with van der Waals surface area (Å²) < 4.78 is 1.47. The van der Waals surface area contributed by atoms with Gasteiger partial charge in [-0.3, -0.25) is 0 Å². The maximum absolute atomic E-state index is 5.60. The van der Waals surface area contributed by atoms with Crippen LogP contribution in [0, 0.1) is 0 Å². The summed E-state index contributed by atoms with van der Waals surface area (Å²) in [6.45, 7) is 0. The Hall–Kier alpha value is -0.970. The summed E-state index contributed by atoms with van der Waals surface area (Å²) in [5.74, 6) is 5.60. The van der Waals surface area contributed by atoms with Gasteiger partial charge in [-0.05, 0) is 19.3 Å². The van der Waals surface area contributed by atoms with Gasteiger partial charge in [0.1, 0.15) is 6.33 Å². The van der Waals surface area contributed by atoms with E-state index in [4.69, 9.17) is 5.84 Å². The van der Waals surface area contributed by atoms with Gasteiger partial charge in [-0.2, -0.15) is 0 Å². The molecule has 13 heavy (non-hydrogen) atoms. The van der Waals surface area contributed by atoms with Gasteiger partial charge in [-0.25, -0.2) is 4.68 Å². The van der Waals surface area contributed by atoms with Crippen molar-refractivity contribution in [1.82, 2.24) is 14.9 Å². The molecule has 0 saturated carbocycles. The molecule has 1 aliphatic carbocycles. The largest absolute Gasteiger partial charge is 0.336 e. The summed E-state index contributed by atoms with van der Waals surface area (Å²) in [5, 5.41) is 8.96. The maximum atomic E-state index is 5.60. The van der Waals surface area contributed by atoms with Gasteiger partial charge < -0.3 is 5.84 Å². The lowest BCUT2D eigenvalue weighted by Crippen LogP contribution is -2.10. The van der Waals surface area contributed by atoms with E-state index in [2.05, 4.69) is 22.3 Å². The average Bonchev–Trinajstić information content (AvgIpc) is 2.54. The quantitative estimate of drug-likeness (QED) is 0.570. The van der Waals surface area contributed by atoms with Crippen molar-refractivity contribution in [2.45, 2.75) is 29.7 Å². The van der Waals surface area contributed by atoms with Crippen LogP contribution in [0.3, 0.4) is 0 Å². The Morgan fingerprint density at radius 2 is 2.54 bits per heavy atom. The molecule has 1 aromatic heterocycles. The molecule has 0 aromatic carbocycles. The van der Waals surface area contributed by atoms with Gasteiger partial charge in [-0.15, -0.1) is 10.2 Å². The highest BCUT2D eigenvalue weighted by atomic mass is 32.2. The summed E-state index contributed by atoms with van der Waals surface area (Å²) in [6.07, 6.45) is 9.63. The van der Waals surface area contributed by atoms with Gasteiger partial charge in [0.05, 0.1) is 0 Å². The number of hydrogen-bond donors (Lipinski definition) is 1. The Bertz CT molecular complexity index is 307. The number of nitrogens with zero attached hydrogens (tertiary/aromatic N) is 3. The normalized spacial score (nSPS) is 22.0. The van der Waals surface area contributed by atoms with Crippen LogP contribution in [0.1, 0.15) is 19.3 Å². The molecule has 1 unspecified atom stereocenters. The lowest BCUT2D eigenvalue weighted by molar-refractivity contribution is 0.735. The fourth-order valence-corrected chi connectivity index (χ4v) is 2.34. The highest BCUT2D eigenvalue weighted by Gasteiger charge is 2.12. The van der Waals surface area contributed by atoms with Gasteiger partial charge in [0.2, 0.25) is 5.16 Å². The van der Waals surface area contributed by atoms with E-state index >= 15 is 0 Å². The van der Waals surface area contributed by atoms with E-state index in [1.807, 2.05) is 0 Å². The van der Waals surface area contributed by atoms with Crippen molar-refractivity contribution in [2.75, 3.05) is 5.84 Å². The number of aromatic nitrogens is 3. The molecule has 1 heterocycles. The van der Waals surface area contributed by atoms with Crippen LogP contribution >= 0.6 is 11.8 Å². The summed E-state index contributed by atoms with van der Waals surface area (Å²) in [4.78, 5) is 0. The summed E-state index contributed by atoms with van der Waals surface area (Å²) in [6, 6.07) is 0. The molecule has 0 radical (unpaired) electrons. The van der Waals surface area contributed by atoms with Crippen LogP contribution in [0.15, 0.2) is 23.6 Å². The fourth-order valence-electron chi connectivity index (χ4n) is 1.33. The third-order valence-electron chi connectivity index (χ3n) is 2.01. The Morgan fingerprint density at radius 1 is 1.62 bits per heavy atom. The predicted molar refractivity (Wildman–Crippen MR) is 52.8 cm³/mol. The van der Waals surface area contributed by atoms with E-state index in [0.29, 0.717) is 5.25 Å². The Balaban J connectivity index is 2.01. The Kier molecular flexibility index (Phi) is 2.54. The second-order valence-corrected chi connectivity index (χ2v) is 4.24. The van der Waals surface area contributed by atoms with Crippen molar-refractivity contribution in [1.29, 1.82) is 0 Å². The molecule has 2 rings (SSSR count). The van der Waals surface area contributed by atoms with Gasteiger partial charge >= 0.3 is 0 Å². The summed E-state index contributed by atoms with van der Waals surface area (Å²) in [7, 11) is 0. The minimum atomic E-state index is 0.514. The molecule has 0 fully saturated rings. The van der Waals surface area contributed by atoms with E-state index < -0.39 is 0 Å². The molecular weight excluding hydrogens is 184 g/mol. The zero-order valence-corrected chi connectivity index (χ0v) is 8.07. The topological polar surface area (TPSA) is 56.7 Å². The average molecular weight is 196 g/mol. The van der Waals surface area contributed by atoms with Gasteiger partial charge in [-0.1, -0.05) is 23.9 Å². The van der Waals surface area contributed by atoms with Crippen molar-refractivity contribution >= 4 is 11.8 Å². The molecule has 1 aliphatic rings. The van der Waals surface area contributed by atoms with Crippen molar-refractivity contribution < 1.29 is 0 Å². The molecule has 0 aliphatic heterocycles. The number of hydrogen-bond acceptors (Lipinski definition) is 4. The lowest BCUT2D eigenvalue weighted by atomic mass is 10.1. The first kappa shape index (κ1) is 8.62. The van der Waals surface area contributed by atoms with Crippen molar-refractivity contribution in [3.8, 4) is 0 Å². The minimum Gasteiger partial charge on any atom is -0.336 e. The summed E-state index contributed by atoms with van der Waals surface area (Å²) in [5.41, 5.74) is 0. The first-order chi connectivity index (χ1) is 6.36. The standard InChI is InChI=1S/C8H12N4S/c9-12-6-10-11-8(12)13-7-4-2-1-3-5-7/h2,4,6-7H,1,3,5,9H2. The minimum absolute atomic E-state index is 0.514. The van der Waals surface area contributed by atoms with Crippen LogP contribution in [0.5, 0.6) is 0 Å². The predicted octanol–water partition coefficient (Wildman–Crippen LogP) is 1.19. The smallest absolute Gasteiger partial charge is 0.210 e. The SMILES string of the molecule is Nn1cnnc1SC1C=CCCC1. The monoisotopic (exact) mass is 196 g/mol. The van der Waals surface area contributed by atoms with Crippen molar-refractivity contribution in [3.05, 3.63) is 18.5 Å². The van der Waals surface area contributed by atoms with E-state index in [1.165, 1.54) is 30.3 Å². The number of allylic oxidation sites excluding steroid dienone is 1. The number of thioether (sulfide) groups is 1. The molecule has 0 spiro atoms. The molecule has 1 atom stereocenters. The Labute approximate surface area is 81.2 Å². The zero-order valence-electron chi connectivity index (χ0n) is 7.26. The first-order valence-corrected chi connectivity index (χ1v) is 5.22. The van der Waals surface area contributed by atoms with Crippen LogP contribution in [0.4, 0.5) is 0 Å². The van der Waals surface area contributed by atoms with E-state index in [0.717, 1.165) is 5.16 Å². The molecule has 5 heteroatoms. The number of nitrogens with two attached hydrogens (primary N) is 1. The first-order valence-electron chi connectivity index (χ1n) is 4.34. The van der Waals surface area contributed by atoms with E-state index in [-0.39, 0.29) is 0 Å². The van der Waals surface area contributed by atoms with Crippen molar-refractivity contribution in [3.63, 3.8) is 0 Å². The fraction of sp³-hybridized carbons (Fsp3) is 0.500. The number of nitrogen functional groups attached to an aromatic ring is 1. The second-order valence-electron chi connectivity index (χ2n) is 3.04. The molecule has 0 bridgehead atoms. The third-order valence-corrected chi connectivity index (χ3v) is 3.21. The van der Waals surface area contributed by atoms with Gasteiger partial charge in [0, 0.05) is 5.25 Å². The molecule has 4 nitrogen and oxygen atoms in total. The molecule has 70 valence electrons. The molecule has 2 N–H and O–H groups in total. The van der Waals surface area contributed by atoms with Gasteiger partial charge in [0.25, 0.3) is 0 Å². The summed E-state index contributed by atoms with van der Waals surface area (Å²) >= 11 is 1.68. The van der Waals surface area contributed by atoms with Crippen LogP contribution in [0.25, 0.3) is 0 Å². The van der Waals surface area contributed by atoms with E-state index in [1.54, 1.807) is 11.8 Å². The van der Waals surface area contributed by atoms with Crippen molar-refractivity contribution in [2.24, 2.45) is 0 Å². The van der Waals surface area contributed by atoms with Crippen LogP contribution in [0.2, 0.25) is 0 Å².